The van der Waals surface area contributed by atoms with E-state index in [4.69, 9.17) is 8.83 Å². The molecule has 0 saturated carbocycles. The molecule has 0 fully saturated rings. The summed E-state index contributed by atoms with van der Waals surface area (Å²) in [6, 6.07) is 27.7. The zero-order valence-corrected chi connectivity index (χ0v) is 17.4. The molecular weight excluding hydrogens is 416 g/mol. The number of oxazole rings is 1. The van der Waals surface area contributed by atoms with Crippen molar-refractivity contribution in [3.05, 3.63) is 119 Å². The van der Waals surface area contributed by atoms with Crippen LogP contribution in [0.5, 0.6) is 0 Å². The molecule has 0 unspecified atom stereocenters. The minimum atomic E-state index is -0.419. The van der Waals surface area contributed by atoms with E-state index in [9.17, 15) is 10.1 Å². The highest BCUT2D eigenvalue weighted by atomic mass is 16.6. The molecule has 0 radical (unpaired) electrons. The first kappa shape index (κ1) is 20.2. The summed E-state index contributed by atoms with van der Waals surface area (Å²) in [6.07, 6.45) is 5.52. The number of nitrogens with zero attached hydrogens (tertiary/aromatic N) is 2. The van der Waals surface area contributed by atoms with Gasteiger partial charge in [-0.05, 0) is 35.9 Å². The lowest BCUT2D eigenvalue weighted by Gasteiger charge is -1.98. The Bertz CT molecular complexity index is 1430. The summed E-state index contributed by atoms with van der Waals surface area (Å²) in [6.45, 7) is 0. The van der Waals surface area contributed by atoms with Crippen LogP contribution in [0.2, 0.25) is 0 Å². The van der Waals surface area contributed by atoms with E-state index in [1.54, 1.807) is 24.4 Å². The zero-order valence-electron chi connectivity index (χ0n) is 17.4. The molecular formula is C27H18N2O4. The van der Waals surface area contributed by atoms with Gasteiger partial charge in [-0.2, -0.15) is 0 Å². The van der Waals surface area contributed by atoms with Crippen LogP contribution < -0.4 is 0 Å². The van der Waals surface area contributed by atoms with Crippen molar-refractivity contribution in [3.8, 4) is 34.1 Å². The second-order valence-electron chi connectivity index (χ2n) is 7.36. The molecule has 2 heterocycles. The zero-order chi connectivity index (χ0) is 22.6. The van der Waals surface area contributed by atoms with Gasteiger partial charge in [0.15, 0.2) is 5.76 Å². The number of benzene rings is 3. The Morgan fingerprint density at radius 1 is 0.727 bits per heavy atom. The smallest absolute Gasteiger partial charge is 0.270 e. The van der Waals surface area contributed by atoms with Crippen LogP contribution in [0.1, 0.15) is 11.3 Å². The predicted molar refractivity (Wildman–Crippen MR) is 127 cm³/mol. The largest absolute Gasteiger partial charge is 0.457 e. The van der Waals surface area contributed by atoms with E-state index in [1.165, 1.54) is 12.1 Å². The second-order valence-corrected chi connectivity index (χ2v) is 7.36. The fraction of sp³-hybridized carbons (Fsp3) is 0. The minimum absolute atomic E-state index is 0.0306. The van der Waals surface area contributed by atoms with Crippen LogP contribution in [0.25, 0.3) is 46.3 Å². The Morgan fingerprint density at radius 3 is 2.30 bits per heavy atom. The fourth-order valence-electron chi connectivity index (χ4n) is 3.43. The van der Waals surface area contributed by atoms with Crippen molar-refractivity contribution in [2.45, 2.75) is 0 Å². The maximum Gasteiger partial charge on any atom is 0.270 e. The van der Waals surface area contributed by atoms with Crippen LogP contribution in [0, 0.1) is 10.1 Å². The van der Waals surface area contributed by atoms with Gasteiger partial charge in [-0.25, -0.2) is 4.98 Å². The number of rotatable bonds is 6. The van der Waals surface area contributed by atoms with Gasteiger partial charge in [0.25, 0.3) is 5.69 Å². The van der Waals surface area contributed by atoms with Crippen LogP contribution in [0.15, 0.2) is 106 Å². The van der Waals surface area contributed by atoms with Crippen molar-refractivity contribution < 1.29 is 13.8 Å². The lowest BCUT2D eigenvalue weighted by molar-refractivity contribution is -0.384. The first-order chi connectivity index (χ1) is 16.2. The number of hydrogen-bond donors (Lipinski definition) is 0. The van der Waals surface area contributed by atoms with E-state index < -0.39 is 4.92 Å². The number of non-ortho nitro benzene ring substituents is 1. The van der Waals surface area contributed by atoms with E-state index in [2.05, 4.69) is 4.98 Å². The number of hydrogen-bond acceptors (Lipinski definition) is 5. The fourth-order valence-corrected chi connectivity index (χ4v) is 3.43. The SMILES string of the molecule is O=[N+]([O-])c1cccc(-c2ccc(C=Cc3ccc(-c4ncc(-c5ccccc5)o4)cc3)o2)c1. The highest BCUT2D eigenvalue weighted by Crippen LogP contribution is 2.28. The monoisotopic (exact) mass is 434 g/mol. The summed E-state index contributed by atoms with van der Waals surface area (Å²) in [5, 5.41) is 11.0. The molecule has 0 bridgehead atoms. The Morgan fingerprint density at radius 2 is 1.52 bits per heavy atom. The number of nitro benzene ring substituents is 1. The maximum atomic E-state index is 11.0. The van der Waals surface area contributed by atoms with Crippen molar-refractivity contribution in [2.75, 3.05) is 0 Å². The lowest BCUT2D eigenvalue weighted by atomic mass is 10.1. The van der Waals surface area contributed by atoms with Gasteiger partial charge in [0, 0.05) is 28.8 Å². The molecule has 5 rings (SSSR count). The highest BCUT2D eigenvalue weighted by Gasteiger charge is 2.10. The summed E-state index contributed by atoms with van der Waals surface area (Å²) < 4.78 is 11.7. The molecule has 0 spiro atoms. The van der Waals surface area contributed by atoms with E-state index in [0.717, 1.165) is 22.5 Å². The van der Waals surface area contributed by atoms with Crippen LogP contribution >= 0.6 is 0 Å². The molecule has 3 aromatic carbocycles. The first-order valence-electron chi connectivity index (χ1n) is 10.3. The molecule has 160 valence electrons. The van der Waals surface area contributed by atoms with Gasteiger partial charge in [0.1, 0.15) is 11.5 Å². The molecule has 0 saturated heterocycles. The molecule has 0 aliphatic carbocycles. The Kier molecular flexibility index (Phi) is 5.39. The van der Waals surface area contributed by atoms with Crippen LogP contribution in [0.3, 0.4) is 0 Å². The van der Waals surface area contributed by atoms with E-state index in [1.807, 2.05) is 72.8 Å². The molecule has 0 N–H and O–H groups in total. The minimum Gasteiger partial charge on any atom is -0.457 e. The van der Waals surface area contributed by atoms with Crippen LogP contribution in [0.4, 0.5) is 5.69 Å². The van der Waals surface area contributed by atoms with Crippen molar-refractivity contribution in [1.82, 2.24) is 4.98 Å². The molecule has 6 nitrogen and oxygen atoms in total. The van der Waals surface area contributed by atoms with E-state index in [0.29, 0.717) is 23.0 Å². The Labute approximate surface area is 189 Å². The molecule has 0 aliphatic heterocycles. The Balaban J connectivity index is 1.29. The summed E-state index contributed by atoms with van der Waals surface area (Å²) in [5.74, 6) is 2.52. The van der Waals surface area contributed by atoms with E-state index >= 15 is 0 Å². The number of furan rings is 1. The summed E-state index contributed by atoms with van der Waals surface area (Å²) >= 11 is 0. The topological polar surface area (TPSA) is 82.3 Å². The molecule has 2 aromatic heterocycles. The molecule has 0 amide bonds. The summed E-state index contributed by atoms with van der Waals surface area (Å²) in [4.78, 5) is 15.0. The van der Waals surface area contributed by atoms with Crippen molar-refractivity contribution >= 4 is 17.8 Å². The van der Waals surface area contributed by atoms with Gasteiger partial charge in [0.05, 0.1) is 11.1 Å². The molecule has 0 aliphatic rings. The second kappa shape index (κ2) is 8.80. The van der Waals surface area contributed by atoms with Gasteiger partial charge in [-0.15, -0.1) is 0 Å². The summed E-state index contributed by atoms with van der Waals surface area (Å²) in [5.41, 5.74) is 3.55. The van der Waals surface area contributed by atoms with Gasteiger partial charge < -0.3 is 8.83 Å². The first-order valence-corrected chi connectivity index (χ1v) is 10.3. The standard InChI is InChI=1S/C27H18N2O4/c30-29(31)23-8-4-7-22(17-23)25-16-15-24(32-25)14-11-19-9-12-21(13-10-19)27-28-18-26(33-27)20-5-2-1-3-6-20/h1-18H. The molecule has 5 aromatic rings. The van der Waals surface area contributed by atoms with Gasteiger partial charge in [-0.1, -0.05) is 60.7 Å². The third-order valence-electron chi connectivity index (χ3n) is 5.13. The molecule has 6 heteroatoms. The van der Waals surface area contributed by atoms with Crippen LogP contribution in [-0.4, -0.2) is 9.91 Å². The molecule has 33 heavy (non-hydrogen) atoms. The molecule has 0 atom stereocenters. The van der Waals surface area contributed by atoms with Crippen molar-refractivity contribution in [3.63, 3.8) is 0 Å². The summed E-state index contributed by atoms with van der Waals surface area (Å²) in [7, 11) is 0. The average Bonchev–Trinajstić information content (AvgIpc) is 3.54. The Hall–Kier alpha value is -4.71. The quantitative estimate of drug-likeness (QED) is 0.206. The number of aromatic nitrogens is 1. The number of nitro groups is 1. The van der Waals surface area contributed by atoms with E-state index in [-0.39, 0.29) is 5.69 Å². The van der Waals surface area contributed by atoms with Crippen molar-refractivity contribution in [1.29, 1.82) is 0 Å². The van der Waals surface area contributed by atoms with Crippen LogP contribution in [-0.2, 0) is 0 Å². The predicted octanol–water partition coefficient (Wildman–Crippen LogP) is 7.35. The van der Waals surface area contributed by atoms with Gasteiger partial charge in [-0.3, -0.25) is 10.1 Å². The normalized spacial score (nSPS) is 11.2. The van der Waals surface area contributed by atoms with Gasteiger partial charge in [0.2, 0.25) is 5.89 Å². The van der Waals surface area contributed by atoms with Crippen molar-refractivity contribution in [2.24, 2.45) is 0 Å². The highest BCUT2D eigenvalue weighted by molar-refractivity contribution is 5.71. The average molecular weight is 434 g/mol. The lowest BCUT2D eigenvalue weighted by Crippen LogP contribution is -1.87. The third kappa shape index (κ3) is 4.50. The third-order valence-corrected chi connectivity index (χ3v) is 5.13. The van der Waals surface area contributed by atoms with Gasteiger partial charge >= 0.3 is 0 Å². The maximum absolute atomic E-state index is 11.0.